The first kappa shape index (κ1) is 14.7. The van der Waals surface area contributed by atoms with Crippen LogP contribution in [0, 0.1) is 6.92 Å². The lowest BCUT2D eigenvalue weighted by Crippen LogP contribution is -2.09. The lowest BCUT2D eigenvalue weighted by atomic mass is 10.3. The summed E-state index contributed by atoms with van der Waals surface area (Å²) in [4.78, 5) is 34.2. The van der Waals surface area contributed by atoms with Gasteiger partial charge in [0.05, 0.1) is 12.1 Å². The summed E-state index contributed by atoms with van der Waals surface area (Å²) < 4.78 is 0.693. The average molecular weight is 311 g/mol. The van der Waals surface area contributed by atoms with Gasteiger partial charge >= 0.3 is 5.97 Å². The zero-order valence-electron chi connectivity index (χ0n) is 11.0. The normalized spacial score (nSPS) is 10.7. The second-order valence-corrected chi connectivity index (χ2v) is 6.40. The highest BCUT2D eigenvalue weighted by Gasteiger charge is 2.13. The molecule has 2 aromatic heterocycles. The summed E-state index contributed by atoms with van der Waals surface area (Å²) >= 11 is 2.60. The van der Waals surface area contributed by atoms with Gasteiger partial charge in [-0.15, -0.1) is 11.3 Å². The van der Waals surface area contributed by atoms with E-state index in [2.05, 4.69) is 15.0 Å². The fourth-order valence-corrected chi connectivity index (χ4v) is 3.73. The molecule has 0 fully saturated rings. The van der Waals surface area contributed by atoms with E-state index in [9.17, 15) is 9.59 Å². The maximum absolute atomic E-state index is 11.5. The van der Waals surface area contributed by atoms with Crippen LogP contribution in [0.25, 0.3) is 0 Å². The molecule has 0 amide bonds. The number of aliphatic carboxylic acids is 1. The van der Waals surface area contributed by atoms with Gasteiger partial charge in [-0.1, -0.05) is 6.92 Å². The number of carboxylic acids is 1. The predicted octanol–water partition coefficient (Wildman–Crippen LogP) is 1.88. The molecule has 0 spiro atoms. The third-order valence-corrected chi connectivity index (χ3v) is 4.62. The Balaban J connectivity index is 2.24. The largest absolute Gasteiger partial charge is 0.481 e. The monoisotopic (exact) mass is 311 g/mol. The maximum atomic E-state index is 11.5. The fraction of sp³-hybridized carbons (Fsp3) is 0.333. The van der Waals surface area contributed by atoms with Crippen LogP contribution in [-0.2, 0) is 17.6 Å². The van der Waals surface area contributed by atoms with Crippen molar-refractivity contribution >= 4 is 29.1 Å². The molecular weight excluding hydrogens is 298 g/mol. The molecular formula is C12H13N3O3S2. The second-order valence-electron chi connectivity index (χ2n) is 4.04. The number of aromatic nitrogens is 3. The number of H-pyrrole nitrogens is 1. The van der Waals surface area contributed by atoms with Gasteiger partial charge in [0.1, 0.15) is 10.9 Å². The highest BCUT2D eigenvalue weighted by molar-refractivity contribution is 8.01. The molecule has 0 saturated heterocycles. The number of thiazole rings is 1. The standard InChI is InChI=1S/C12H13N3O3S2/c1-3-8-14-9(16)5-10(15-8)20-12-13-6(2)7(19-12)4-11(17)18/h5H,3-4H2,1-2H3,(H,17,18)(H,14,15,16). The van der Waals surface area contributed by atoms with E-state index in [-0.39, 0.29) is 12.0 Å². The number of hydrogen-bond acceptors (Lipinski definition) is 6. The zero-order chi connectivity index (χ0) is 14.7. The molecule has 0 aliphatic carbocycles. The number of aromatic amines is 1. The van der Waals surface area contributed by atoms with Crippen molar-refractivity contribution < 1.29 is 9.90 Å². The maximum Gasteiger partial charge on any atom is 0.308 e. The topological polar surface area (TPSA) is 95.9 Å². The molecule has 6 nitrogen and oxygen atoms in total. The lowest BCUT2D eigenvalue weighted by molar-refractivity contribution is -0.136. The van der Waals surface area contributed by atoms with E-state index in [4.69, 9.17) is 5.11 Å². The van der Waals surface area contributed by atoms with Gasteiger partial charge in [0.2, 0.25) is 0 Å². The van der Waals surface area contributed by atoms with Crippen LogP contribution >= 0.6 is 23.1 Å². The van der Waals surface area contributed by atoms with Gasteiger partial charge in [-0.25, -0.2) is 9.97 Å². The molecule has 2 heterocycles. The van der Waals surface area contributed by atoms with Crippen LogP contribution in [0.1, 0.15) is 23.3 Å². The first-order valence-electron chi connectivity index (χ1n) is 5.94. The van der Waals surface area contributed by atoms with Gasteiger partial charge in [0, 0.05) is 17.4 Å². The fourth-order valence-electron chi connectivity index (χ4n) is 1.54. The first-order chi connectivity index (χ1) is 9.47. The molecule has 0 saturated carbocycles. The Morgan fingerprint density at radius 2 is 2.25 bits per heavy atom. The third kappa shape index (κ3) is 3.67. The quantitative estimate of drug-likeness (QED) is 0.818. The molecule has 0 atom stereocenters. The number of nitrogens with one attached hydrogen (secondary N) is 1. The molecule has 20 heavy (non-hydrogen) atoms. The van der Waals surface area contributed by atoms with Gasteiger partial charge in [-0.2, -0.15) is 0 Å². The van der Waals surface area contributed by atoms with Crippen LogP contribution < -0.4 is 5.56 Å². The third-order valence-electron chi connectivity index (χ3n) is 2.48. The molecule has 0 aliphatic heterocycles. The van der Waals surface area contributed by atoms with Crippen molar-refractivity contribution in [2.45, 2.75) is 36.1 Å². The number of carboxylic acid groups (broad SMARTS) is 1. The minimum atomic E-state index is -0.879. The van der Waals surface area contributed by atoms with Gasteiger partial charge in [0.25, 0.3) is 5.56 Å². The molecule has 0 radical (unpaired) electrons. The average Bonchev–Trinajstić information content (AvgIpc) is 2.67. The van der Waals surface area contributed by atoms with Crippen LogP contribution in [-0.4, -0.2) is 26.0 Å². The number of aryl methyl sites for hydroxylation is 2. The zero-order valence-corrected chi connectivity index (χ0v) is 12.6. The Morgan fingerprint density at radius 3 is 2.90 bits per heavy atom. The van der Waals surface area contributed by atoms with Crippen molar-refractivity contribution in [1.82, 2.24) is 15.0 Å². The number of nitrogens with zero attached hydrogens (tertiary/aromatic N) is 2. The molecule has 8 heteroatoms. The van der Waals surface area contributed by atoms with Gasteiger partial charge in [-0.3, -0.25) is 9.59 Å². The Hall–Kier alpha value is -1.67. The van der Waals surface area contributed by atoms with E-state index in [1.807, 2.05) is 6.92 Å². The van der Waals surface area contributed by atoms with Gasteiger partial charge in [-0.05, 0) is 18.7 Å². The summed E-state index contributed by atoms with van der Waals surface area (Å²) in [6, 6.07) is 1.41. The summed E-state index contributed by atoms with van der Waals surface area (Å²) in [5.41, 5.74) is 0.513. The lowest BCUT2D eigenvalue weighted by Gasteiger charge is -1.99. The summed E-state index contributed by atoms with van der Waals surface area (Å²) in [5, 5.41) is 9.38. The summed E-state index contributed by atoms with van der Waals surface area (Å²) in [5.74, 6) is -0.255. The van der Waals surface area contributed by atoms with Crippen LogP contribution in [0.2, 0.25) is 0 Å². The molecule has 2 rings (SSSR count). The molecule has 0 aliphatic rings. The number of rotatable bonds is 5. The summed E-state index contributed by atoms with van der Waals surface area (Å²) in [6.45, 7) is 3.69. The van der Waals surface area contributed by atoms with Crippen molar-refractivity contribution in [2.24, 2.45) is 0 Å². The predicted molar refractivity (Wildman–Crippen MR) is 76.5 cm³/mol. The van der Waals surface area contributed by atoms with Crippen LogP contribution in [0.15, 0.2) is 20.2 Å². The smallest absolute Gasteiger partial charge is 0.308 e. The van der Waals surface area contributed by atoms with E-state index in [1.54, 1.807) is 6.92 Å². The molecule has 0 aromatic carbocycles. The van der Waals surface area contributed by atoms with Crippen LogP contribution in [0.3, 0.4) is 0 Å². The van der Waals surface area contributed by atoms with E-state index in [0.717, 1.165) is 4.88 Å². The Morgan fingerprint density at radius 1 is 1.50 bits per heavy atom. The van der Waals surface area contributed by atoms with Crippen molar-refractivity contribution in [1.29, 1.82) is 0 Å². The van der Waals surface area contributed by atoms with E-state index in [1.165, 1.54) is 29.2 Å². The highest BCUT2D eigenvalue weighted by Crippen LogP contribution is 2.31. The Bertz CT molecular complexity index is 693. The van der Waals surface area contributed by atoms with Gasteiger partial charge < -0.3 is 10.1 Å². The summed E-state index contributed by atoms with van der Waals surface area (Å²) in [7, 11) is 0. The molecule has 106 valence electrons. The molecule has 0 unspecified atom stereocenters. The minimum absolute atomic E-state index is 0.0347. The van der Waals surface area contributed by atoms with E-state index in [0.29, 0.717) is 27.3 Å². The molecule has 0 bridgehead atoms. The molecule has 2 N–H and O–H groups in total. The summed E-state index contributed by atoms with van der Waals surface area (Å²) in [6.07, 6.45) is 0.609. The highest BCUT2D eigenvalue weighted by atomic mass is 32.2. The van der Waals surface area contributed by atoms with Crippen LogP contribution in [0.5, 0.6) is 0 Å². The second kappa shape index (κ2) is 6.19. The Labute approximate surface area is 123 Å². The van der Waals surface area contributed by atoms with Crippen LogP contribution in [0.4, 0.5) is 0 Å². The van der Waals surface area contributed by atoms with Gasteiger partial charge in [0.15, 0.2) is 4.34 Å². The molecule has 2 aromatic rings. The number of hydrogen-bond donors (Lipinski definition) is 2. The minimum Gasteiger partial charge on any atom is -0.481 e. The van der Waals surface area contributed by atoms with Crippen molar-refractivity contribution in [3.8, 4) is 0 Å². The SMILES string of the molecule is CCc1nc(Sc2nc(C)c(CC(=O)O)s2)cc(=O)[nH]1. The first-order valence-corrected chi connectivity index (χ1v) is 7.57. The van der Waals surface area contributed by atoms with E-state index < -0.39 is 5.97 Å². The van der Waals surface area contributed by atoms with Crippen molar-refractivity contribution in [2.75, 3.05) is 0 Å². The van der Waals surface area contributed by atoms with Crippen molar-refractivity contribution in [3.63, 3.8) is 0 Å². The Kier molecular flexibility index (Phi) is 4.56. The number of carbonyl (C=O) groups is 1. The van der Waals surface area contributed by atoms with Crippen molar-refractivity contribution in [3.05, 3.63) is 32.8 Å². The van der Waals surface area contributed by atoms with E-state index >= 15 is 0 Å².